The standard InChI is InChI=1S/C19H29N5O4/c1-4-6-10-24-16-15(17(25)21-19(24)27)22(3)14(20-16)12-23-9-7-8-13(11-23)18(26)28-5-2/h13H,4-12H2,1-3H3,(H,21,25,27)/t13-/m0/s1. The predicted molar refractivity (Wildman–Crippen MR) is 105 cm³/mol. The lowest BCUT2D eigenvalue weighted by molar-refractivity contribution is -0.150. The number of carbonyl (C=O) groups excluding carboxylic acids is 1. The Morgan fingerprint density at radius 2 is 2.11 bits per heavy atom. The van der Waals surface area contributed by atoms with Gasteiger partial charge in [0.15, 0.2) is 11.2 Å². The highest BCUT2D eigenvalue weighted by atomic mass is 16.5. The number of rotatable bonds is 7. The first-order valence-corrected chi connectivity index (χ1v) is 10.0. The molecule has 9 nitrogen and oxygen atoms in total. The van der Waals surface area contributed by atoms with Gasteiger partial charge in [0.2, 0.25) is 0 Å². The summed E-state index contributed by atoms with van der Waals surface area (Å²) in [4.78, 5) is 45.9. The quantitative estimate of drug-likeness (QED) is 0.707. The van der Waals surface area contributed by atoms with E-state index in [0.717, 1.165) is 32.2 Å². The Labute approximate surface area is 163 Å². The molecule has 0 bridgehead atoms. The molecule has 154 valence electrons. The summed E-state index contributed by atoms with van der Waals surface area (Å²) in [6.45, 7) is 6.76. The van der Waals surface area contributed by atoms with Crippen molar-refractivity contribution in [3.8, 4) is 0 Å². The molecule has 1 N–H and O–H groups in total. The van der Waals surface area contributed by atoms with E-state index in [1.807, 2.05) is 13.8 Å². The van der Waals surface area contributed by atoms with Crippen molar-refractivity contribution in [1.29, 1.82) is 0 Å². The fourth-order valence-corrected chi connectivity index (χ4v) is 3.81. The third kappa shape index (κ3) is 4.04. The minimum Gasteiger partial charge on any atom is -0.466 e. The van der Waals surface area contributed by atoms with Crippen LogP contribution in [0.5, 0.6) is 0 Å². The van der Waals surface area contributed by atoms with Gasteiger partial charge >= 0.3 is 11.7 Å². The normalized spacial score (nSPS) is 17.9. The van der Waals surface area contributed by atoms with E-state index in [9.17, 15) is 14.4 Å². The summed E-state index contributed by atoms with van der Waals surface area (Å²) in [6, 6.07) is 0. The number of fused-ring (bicyclic) bond motifs is 1. The van der Waals surface area contributed by atoms with Gasteiger partial charge in [-0.2, -0.15) is 0 Å². The van der Waals surface area contributed by atoms with Crippen molar-refractivity contribution in [2.24, 2.45) is 13.0 Å². The molecule has 1 saturated heterocycles. The summed E-state index contributed by atoms with van der Waals surface area (Å²) in [6.07, 6.45) is 3.51. The zero-order chi connectivity index (χ0) is 20.3. The topological polar surface area (TPSA) is 102 Å². The molecule has 3 heterocycles. The van der Waals surface area contributed by atoms with Crippen molar-refractivity contribution in [3.63, 3.8) is 0 Å². The van der Waals surface area contributed by atoms with Crippen LogP contribution in [-0.4, -0.2) is 49.7 Å². The van der Waals surface area contributed by atoms with Gasteiger partial charge in [0.05, 0.1) is 19.1 Å². The van der Waals surface area contributed by atoms with E-state index in [1.165, 1.54) is 0 Å². The van der Waals surface area contributed by atoms with Crippen LogP contribution in [-0.2, 0) is 29.7 Å². The van der Waals surface area contributed by atoms with E-state index < -0.39 is 11.2 Å². The van der Waals surface area contributed by atoms with Crippen LogP contribution in [0.4, 0.5) is 0 Å². The predicted octanol–water partition coefficient (Wildman–Crippen LogP) is 0.999. The molecule has 0 amide bonds. The van der Waals surface area contributed by atoms with E-state index in [1.54, 1.807) is 16.2 Å². The summed E-state index contributed by atoms with van der Waals surface area (Å²) in [5.41, 5.74) is -0.00343. The van der Waals surface area contributed by atoms with Crippen LogP contribution in [0.2, 0.25) is 0 Å². The average Bonchev–Trinajstić information content (AvgIpc) is 2.98. The summed E-state index contributed by atoms with van der Waals surface area (Å²) in [5.74, 6) is 0.428. The number of nitrogens with zero attached hydrogens (tertiary/aromatic N) is 4. The van der Waals surface area contributed by atoms with E-state index >= 15 is 0 Å². The molecular weight excluding hydrogens is 362 g/mol. The minimum atomic E-state index is -0.420. The van der Waals surface area contributed by atoms with E-state index in [2.05, 4.69) is 14.9 Å². The molecule has 0 aromatic carbocycles. The largest absolute Gasteiger partial charge is 0.466 e. The molecule has 0 spiro atoms. The number of aromatic nitrogens is 4. The second-order valence-electron chi connectivity index (χ2n) is 7.35. The van der Waals surface area contributed by atoms with E-state index in [-0.39, 0.29) is 11.9 Å². The number of hydrogen-bond acceptors (Lipinski definition) is 6. The number of aryl methyl sites for hydroxylation is 2. The van der Waals surface area contributed by atoms with Crippen LogP contribution >= 0.6 is 0 Å². The van der Waals surface area contributed by atoms with Crippen LogP contribution in [0.3, 0.4) is 0 Å². The Morgan fingerprint density at radius 3 is 2.82 bits per heavy atom. The molecule has 1 aliphatic rings. The second kappa shape index (κ2) is 8.72. The maximum Gasteiger partial charge on any atom is 0.330 e. The first-order valence-electron chi connectivity index (χ1n) is 10.0. The first kappa shape index (κ1) is 20.3. The van der Waals surface area contributed by atoms with Gasteiger partial charge in [-0.1, -0.05) is 13.3 Å². The van der Waals surface area contributed by atoms with Gasteiger partial charge < -0.3 is 9.30 Å². The molecule has 0 saturated carbocycles. The Morgan fingerprint density at radius 1 is 1.32 bits per heavy atom. The number of H-pyrrole nitrogens is 1. The van der Waals surface area contributed by atoms with Gasteiger partial charge in [-0.3, -0.25) is 24.0 Å². The fraction of sp³-hybridized carbons (Fsp3) is 0.684. The van der Waals surface area contributed by atoms with Crippen molar-refractivity contribution in [2.75, 3.05) is 19.7 Å². The highest BCUT2D eigenvalue weighted by Gasteiger charge is 2.28. The lowest BCUT2D eigenvalue weighted by Crippen LogP contribution is -2.39. The molecule has 28 heavy (non-hydrogen) atoms. The number of hydrogen-bond donors (Lipinski definition) is 1. The highest BCUT2D eigenvalue weighted by Crippen LogP contribution is 2.20. The fourth-order valence-electron chi connectivity index (χ4n) is 3.81. The molecule has 3 rings (SSSR count). The molecule has 2 aromatic heterocycles. The number of ether oxygens (including phenoxy) is 1. The van der Waals surface area contributed by atoms with Crippen molar-refractivity contribution in [1.82, 2.24) is 24.0 Å². The number of nitrogens with one attached hydrogen (secondary N) is 1. The van der Waals surface area contributed by atoms with Gasteiger partial charge in [-0.05, 0) is 32.7 Å². The average molecular weight is 391 g/mol. The van der Waals surface area contributed by atoms with Crippen LogP contribution in [0.15, 0.2) is 9.59 Å². The minimum absolute atomic E-state index is 0.130. The third-order valence-electron chi connectivity index (χ3n) is 5.33. The zero-order valence-electron chi connectivity index (χ0n) is 16.9. The molecule has 0 aliphatic carbocycles. The second-order valence-corrected chi connectivity index (χ2v) is 7.35. The van der Waals surface area contributed by atoms with Crippen LogP contribution in [0, 0.1) is 5.92 Å². The SMILES string of the molecule is CCCCn1c(=O)[nH]c(=O)c2c1nc(CN1CCC[C@H](C(=O)OCC)C1)n2C. The molecule has 9 heteroatoms. The smallest absolute Gasteiger partial charge is 0.330 e. The molecule has 0 radical (unpaired) electrons. The Kier molecular flexibility index (Phi) is 6.33. The molecule has 2 aromatic rings. The molecule has 1 fully saturated rings. The van der Waals surface area contributed by atoms with Crippen molar-refractivity contribution >= 4 is 17.1 Å². The monoisotopic (exact) mass is 391 g/mol. The van der Waals surface area contributed by atoms with Gasteiger partial charge in [0.25, 0.3) is 5.56 Å². The van der Waals surface area contributed by atoms with Gasteiger partial charge in [0.1, 0.15) is 5.82 Å². The Bertz CT molecular complexity index is 958. The maximum atomic E-state index is 12.4. The third-order valence-corrected chi connectivity index (χ3v) is 5.33. The van der Waals surface area contributed by atoms with Gasteiger partial charge in [-0.15, -0.1) is 0 Å². The van der Waals surface area contributed by atoms with Crippen molar-refractivity contribution in [3.05, 3.63) is 26.7 Å². The first-order chi connectivity index (χ1) is 13.5. The van der Waals surface area contributed by atoms with E-state index in [4.69, 9.17) is 4.74 Å². The number of unbranched alkanes of at least 4 members (excludes halogenated alkanes) is 1. The summed E-state index contributed by atoms with van der Waals surface area (Å²) >= 11 is 0. The Hall–Kier alpha value is -2.42. The zero-order valence-corrected chi connectivity index (χ0v) is 16.9. The summed E-state index contributed by atoms with van der Waals surface area (Å²) in [7, 11) is 1.79. The van der Waals surface area contributed by atoms with Gasteiger partial charge in [-0.25, -0.2) is 9.78 Å². The maximum absolute atomic E-state index is 12.4. The molecular formula is C19H29N5O4. The summed E-state index contributed by atoms with van der Waals surface area (Å²) < 4.78 is 8.46. The Balaban J connectivity index is 1.88. The van der Waals surface area contributed by atoms with Crippen molar-refractivity contribution in [2.45, 2.75) is 52.6 Å². The lowest BCUT2D eigenvalue weighted by atomic mass is 9.98. The number of carbonyl (C=O) groups is 1. The molecule has 0 unspecified atom stereocenters. The number of aromatic amines is 1. The van der Waals surface area contributed by atoms with Crippen molar-refractivity contribution < 1.29 is 9.53 Å². The summed E-state index contributed by atoms with van der Waals surface area (Å²) in [5, 5.41) is 0. The lowest BCUT2D eigenvalue weighted by Gasteiger charge is -2.31. The van der Waals surface area contributed by atoms with Crippen LogP contribution < -0.4 is 11.2 Å². The number of piperidine rings is 1. The molecule has 1 aliphatic heterocycles. The van der Waals surface area contributed by atoms with Crippen LogP contribution in [0.1, 0.15) is 45.4 Å². The van der Waals surface area contributed by atoms with Gasteiger partial charge in [0, 0.05) is 20.1 Å². The van der Waals surface area contributed by atoms with Crippen LogP contribution in [0.25, 0.3) is 11.2 Å². The molecule has 1 atom stereocenters. The number of imidazole rings is 1. The highest BCUT2D eigenvalue weighted by molar-refractivity contribution is 5.73. The number of likely N-dealkylation sites (tertiary alicyclic amines) is 1. The number of esters is 1. The van der Waals surface area contributed by atoms with E-state index in [0.29, 0.717) is 43.2 Å².